The standard InChI is InChI=1S/C12H16INOS/c1-12(2,3)11(15)14-10-6-5-8(16-4)7-9(10)13/h5-7H,1-4H3,(H,14,15). The molecule has 1 N–H and O–H groups in total. The highest BCUT2D eigenvalue weighted by Gasteiger charge is 2.21. The molecule has 0 radical (unpaired) electrons. The van der Waals surface area contributed by atoms with Gasteiger partial charge in [0.25, 0.3) is 0 Å². The Balaban J connectivity index is 2.87. The molecular formula is C12H16INOS. The molecule has 0 saturated carbocycles. The Bertz CT molecular complexity index is 398. The molecule has 0 aliphatic rings. The Labute approximate surface area is 115 Å². The second-order valence-electron chi connectivity index (χ2n) is 4.55. The van der Waals surface area contributed by atoms with Crippen LogP contribution in [0.5, 0.6) is 0 Å². The van der Waals surface area contributed by atoms with Gasteiger partial charge in [0.2, 0.25) is 5.91 Å². The van der Waals surface area contributed by atoms with E-state index in [4.69, 9.17) is 0 Å². The van der Waals surface area contributed by atoms with Crippen LogP contribution in [0.3, 0.4) is 0 Å². The van der Waals surface area contributed by atoms with Crippen LogP contribution in [0.4, 0.5) is 5.69 Å². The molecule has 0 atom stereocenters. The van der Waals surface area contributed by atoms with Gasteiger partial charge < -0.3 is 5.32 Å². The number of thioether (sulfide) groups is 1. The van der Waals surface area contributed by atoms with E-state index >= 15 is 0 Å². The average Bonchev–Trinajstić information content (AvgIpc) is 2.19. The van der Waals surface area contributed by atoms with Crippen LogP contribution in [0.15, 0.2) is 23.1 Å². The summed E-state index contributed by atoms with van der Waals surface area (Å²) in [7, 11) is 0. The lowest BCUT2D eigenvalue weighted by molar-refractivity contribution is -0.123. The number of hydrogen-bond acceptors (Lipinski definition) is 2. The van der Waals surface area contributed by atoms with Crippen LogP contribution in [-0.4, -0.2) is 12.2 Å². The fourth-order valence-corrected chi connectivity index (χ4v) is 2.34. The smallest absolute Gasteiger partial charge is 0.229 e. The third-order valence-corrected chi connectivity index (χ3v) is 3.72. The molecule has 1 aromatic carbocycles. The summed E-state index contributed by atoms with van der Waals surface area (Å²) in [6.07, 6.45) is 2.04. The van der Waals surface area contributed by atoms with Crippen LogP contribution >= 0.6 is 34.4 Å². The van der Waals surface area contributed by atoms with Crippen molar-refractivity contribution in [2.24, 2.45) is 5.41 Å². The van der Waals surface area contributed by atoms with Crippen LogP contribution in [0.1, 0.15) is 20.8 Å². The van der Waals surface area contributed by atoms with Gasteiger partial charge in [-0.05, 0) is 47.0 Å². The molecule has 1 rings (SSSR count). The number of nitrogens with one attached hydrogen (secondary N) is 1. The van der Waals surface area contributed by atoms with Gasteiger partial charge in [-0.2, -0.15) is 0 Å². The highest BCUT2D eigenvalue weighted by molar-refractivity contribution is 14.1. The molecule has 0 unspecified atom stereocenters. The number of rotatable bonds is 2. The van der Waals surface area contributed by atoms with E-state index < -0.39 is 0 Å². The summed E-state index contributed by atoms with van der Waals surface area (Å²) >= 11 is 3.94. The van der Waals surface area contributed by atoms with Gasteiger partial charge in [-0.15, -0.1) is 11.8 Å². The summed E-state index contributed by atoms with van der Waals surface area (Å²) in [6, 6.07) is 6.05. The summed E-state index contributed by atoms with van der Waals surface area (Å²) in [4.78, 5) is 13.0. The van der Waals surface area contributed by atoms with E-state index in [0.717, 1.165) is 9.26 Å². The van der Waals surface area contributed by atoms with Crippen molar-refractivity contribution < 1.29 is 4.79 Å². The van der Waals surface area contributed by atoms with Gasteiger partial charge in [0.05, 0.1) is 5.69 Å². The van der Waals surface area contributed by atoms with Crippen molar-refractivity contribution in [2.45, 2.75) is 25.7 Å². The molecular weight excluding hydrogens is 333 g/mol. The lowest BCUT2D eigenvalue weighted by atomic mass is 9.95. The number of anilines is 1. The largest absolute Gasteiger partial charge is 0.325 e. The predicted octanol–water partition coefficient (Wildman–Crippen LogP) is 4.00. The molecule has 0 aromatic heterocycles. The first-order valence-electron chi connectivity index (χ1n) is 4.99. The number of carbonyl (C=O) groups excluding carboxylic acids is 1. The normalized spacial score (nSPS) is 11.3. The second kappa shape index (κ2) is 5.40. The maximum absolute atomic E-state index is 11.8. The topological polar surface area (TPSA) is 29.1 Å². The zero-order valence-corrected chi connectivity index (χ0v) is 12.9. The van der Waals surface area contributed by atoms with E-state index in [-0.39, 0.29) is 11.3 Å². The molecule has 0 saturated heterocycles. The zero-order valence-electron chi connectivity index (χ0n) is 9.93. The fraction of sp³-hybridized carbons (Fsp3) is 0.417. The Morgan fingerprint density at radius 2 is 2.00 bits per heavy atom. The van der Waals surface area contributed by atoms with Crippen LogP contribution in [0.25, 0.3) is 0 Å². The van der Waals surface area contributed by atoms with Crippen LogP contribution in [0.2, 0.25) is 0 Å². The number of hydrogen-bond donors (Lipinski definition) is 1. The zero-order chi connectivity index (χ0) is 12.3. The van der Waals surface area contributed by atoms with Crippen molar-refractivity contribution in [3.8, 4) is 0 Å². The maximum Gasteiger partial charge on any atom is 0.229 e. The molecule has 0 bridgehead atoms. The Morgan fingerprint density at radius 3 is 2.44 bits per heavy atom. The molecule has 4 heteroatoms. The summed E-state index contributed by atoms with van der Waals surface area (Å²) in [6.45, 7) is 5.72. The maximum atomic E-state index is 11.8. The van der Waals surface area contributed by atoms with Crippen molar-refractivity contribution in [1.82, 2.24) is 0 Å². The van der Waals surface area contributed by atoms with Crippen molar-refractivity contribution in [2.75, 3.05) is 11.6 Å². The van der Waals surface area contributed by atoms with Crippen molar-refractivity contribution in [1.29, 1.82) is 0 Å². The highest BCUT2D eigenvalue weighted by Crippen LogP contribution is 2.26. The lowest BCUT2D eigenvalue weighted by Crippen LogP contribution is -2.27. The molecule has 0 aliphatic heterocycles. The molecule has 1 amide bonds. The first kappa shape index (κ1) is 13.8. The monoisotopic (exact) mass is 349 g/mol. The molecule has 2 nitrogen and oxygen atoms in total. The average molecular weight is 349 g/mol. The minimum atomic E-state index is -0.360. The molecule has 0 heterocycles. The van der Waals surface area contributed by atoms with Gasteiger partial charge >= 0.3 is 0 Å². The van der Waals surface area contributed by atoms with Gasteiger partial charge in [-0.1, -0.05) is 20.8 Å². The molecule has 0 spiro atoms. The first-order valence-corrected chi connectivity index (χ1v) is 7.30. The molecule has 0 aliphatic carbocycles. The summed E-state index contributed by atoms with van der Waals surface area (Å²) in [5.41, 5.74) is 0.527. The van der Waals surface area contributed by atoms with Crippen molar-refractivity contribution >= 4 is 45.9 Å². The number of benzene rings is 1. The fourth-order valence-electron chi connectivity index (χ4n) is 1.03. The molecule has 16 heavy (non-hydrogen) atoms. The number of halogens is 1. The van der Waals surface area contributed by atoms with E-state index in [9.17, 15) is 4.79 Å². The minimum Gasteiger partial charge on any atom is -0.325 e. The molecule has 88 valence electrons. The molecule has 0 fully saturated rings. The second-order valence-corrected chi connectivity index (χ2v) is 6.59. The summed E-state index contributed by atoms with van der Waals surface area (Å²) in [5.74, 6) is 0.0438. The van der Waals surface area contributed by atoms with E-state index in [1.807, 2.05) is 39.2 Å². The van der Waals surface area contributed by atoms with Crippen molar-refractivity contribution in [3.05, 3.63) is 21.8 Å². The molecule has 1 aromatic rings. The van der Waals surface area contributed by atoms with E-state index in [2.05, 4.69) is 34.0 Å². The quantitative estimate of drug-likeness (QED) is 0.646. The van der Waals surface area contributed by atoms with Crippen LogP contribution < -0.4 is 5.32 Å². The predicted molar refractivity (Wildman–Crippen MR) is 79.0 cm³/mol. The third kappa shape index (κ3) is 3.66. The van der Waals surface area contributed by atoms with Crippen LogP contribution in [0, 0.1) is 8.99 Å². The van der Waals surface area contributed by atoms with Crippen LogP contribution in [-0.2, 0) is 4.79 Å². The van der Waals surface area contributed by atoms with Gasteiger partial charge in [-0.25, -0.2) is 0 Å². The number of amides is 1. The van der Waals surface area contributed by atoms with E-state index in [0.29, 0.717) is 0 Å². The number of carbonyl (C=O) groups is 1. The third-order valence-electron chi connectivity index (χ3n) is 2.11. The minimum absolute atomic E-state index is 0.0438. The van der Waals surface area contributed by atoms with Gasteiger partial charge in [0.1, 0.15) is 0 Å². The van der Waals surface area contributed by atoms with Crippen molar-refractivity contribution in [3.63, 3.8) is 0 Å². The Morgan fingerprint density at radius 1 is 1.38 bits per heavy atom. The Hall–Kier alpha value is -0.230. The van der Waals surface area contributed by atoms with Gasteiger partial charge in [0, 0.05) is 13.9 Å². The first-order chi connectivity index (χ1) is 7.34. The summed E-state index contributed by atoms with van der Waals surface area (Å²) in [5, 5.41) is 2.95. The Kier molecular flexibility index (Phi) is 4.67. The summed E-state index contributed by atoms with van der Waals surface area (Å²) < 4.78 is 1.07. The van der Waals surface area contributed by atoms with Gasteiger partial charge in [0.15, 0.2) is 0 Å². The van der Waals surface area contributed by atoms with E-state index in [1.54, 1.807) is 11.8 Å². The van der Waals surface area contributed by atoms with E-state index in [1.165, 1.54) is 4.90 Å². The van der Waals surface area contributed by atoms with Gasteiger partial charge in [-0.3, -0.25) is 4.79 Å². The lowest BCUT2D eigenvalue weighted by Gasteiger charge is -2.18. The highest BCUT2D eigenvalue weighted by atomic mass is 127. The SMILES string of the molecule is CSc1ccc(NC(=O)C(C)(C)C)c(I)c1.